The Balaban J connectivity index is 1.69. The van der Waals surface area contributed by atoms with E-state index in [1.807, 2.05) is 30.3 Å². The van der Waals surface area contributed by atoms with Gasteiger partial charge in [0.1, 0.15) is 17.5 Å². The third-order valence-corrected chi connectivity index (χ3v) is 6.01. The number of hydrogen-bond acceptors (Lipinski definition) is 5. The molecule has 0 spiro atoms. The lowest BCUT2D eigenvalue weighted by atomic mass is 10.1. The summed E-state index contributed by atoms with van der Waals surface area (Å²) in [7, 11) is 0. The van der Waals surface area contributed by atoms with Gasteiger partial charge in [0, 0.05) is 11.4 Å². The Hall–Kier alpha value is -3.07. The van der Waals surface area contributed by atoms with Gasteiger partial charge in [0.25, 0.3) is 11.8 Å². The molecule has 7 nitrogen and oxygen atoms in total. The van der Waals surface area contributed by atoms with Crippen LogP contribution in [0, 0.1) is 0 Å². The number of aromatic hydroxyl groups is 1. The first-order valence-corrected chi connectivity index (χ1v) is 12.0. The summed E-state index contributed by atoms with van der Waals surface area (Å²) in [5.41, 5.74) is 3.96. The lowest BCUT2D eigenvalue weighted by Crippen LogP contribution is -2.50. The van der Waals surface area contributed by atoms with Gasteiger partial charge < -0.3 is 15.2 Å². The molecule has 10 heteroatoms. The number of phenolic OH excluding ortho intramolecular Hbond substituents is 1. The van der Waals surface area contributed by atoms with Crippen LogP contribution in [0.4, 0.5) is 0 Å². The number of benzene rings is 3. The first-order chi connectivity index (χ1) is 16.7. The molecule has 0 heterocycles. The highest BCUT2D eigenvalue weighted by Gasteiger charge is 2.25. The van der Waals surface area contributed by atoms with E-state index in [0.29, 0.717) is 20.8 Å². The van der Waals surface area contributed by atoms with Crippen molar-refractivity contribution in [3.05, 3.63) is 92.4 Å². The maximum absolute atomic E-state index is 12.9. The Morgan fingerprint density at radius 2 is 1.83 bits per heavy atom. The minimum Gasteiger partial charge on any atom is -0.507 e. The Morgan fingerprint density at radius 1 is 1.09 bits per heavy atom. The number of hydrogen-bond donors (Lipinski definition) is 3. The molecule has 0 saturated heterocycles. The van der Waals surface area contributed by atoms with Gasteiger partial charge in [0.05, 0.1) is 15.7 Å². The van der Waals surface area contributed by atoms with Crippen LogP contribution in [0.15, 0.2) is 76.3 Å². The normalized spacial score (nSPS) is 12.7. The summed E-state index contributed by atoms with van der Waals surface area (Å²) in [4.78, 5) is 25.7. The number of ether oxygens (including phenoxy) is 1. The van der Waals surface area contributed by atoms with E-state index in [1.54, 1.807) is 31.2 Å². The molecule has 0 fully saturated rings. The van der Waals surface area contributed by atoms with Crippen molar-refractivity contribution in [2.45, 2.75) is 25.5 Å². The van der Waals surface area contributed by atoms with Gasteiger partial charge in [-0.05, 0) is 70.4 Å². The molecule has 0 aliphatic carbocycles. The van der Waals surface area contributed by atoms with Gasteiger partial charge in [-0.15, -0.1) is 0 Å². The predicted molar refractivity (Wildman–Crippen MR) is 140 cm³/mol. The van der Waals surface area contributed by atoms with Crippen LogP contribution in [0.3, 0.4) is 0 Å². The highest BCUT2D eigenvalue weighted by molar-refractivity contribution is 9.10. The summed E-state index contributed by atoms with van der Waals surface area (Å²) < 4.78 is 6.16. The Morgan fingerprint density at radius 3 is 2.51 bits per heavy atom. The third-order valence-electron chi connectivity index (χ3n) is 4.84. The van der Waals surface area contributed by atoms with Gasteiger partial charge >= 0.3 is 0 Å². The SMILES string of the molecule is C[C@@H](Oc1ccc(Cl)cc1Cl)C(=O)N[C@@H](Cc1ccccc1)C(=O)N/N=C\c1ccc(O)c(Br)c1. The van der Waals surface area contributed by atoms with Crippen LogP contribution < -0.4 is 15.5 Å². The average molecular weight is 579 g/mol. The quantitative estimate of drug-likeness (QED) is 0.243. The van der Waals surface area contributed by atoms with E-state index in [1.165, 1.54) is 18.3 Å². The van der Waals surface area contributed by atoms with E-state index in [4.69, 9.17) is 27.9 Å². The molecule has 0 aliphatic rings. The maximum Gasteiger partial charge on any atom is 0.262 e. The van der Waals surface area contributed by atoms with E-state index in [-0.39, 0.29) is 17.2 Å². The van der Waals surface area contributed by atoms with Crippen LogP contribution in [-0.2, 0) is 16.0 Å². The van der Waals surface area contributed by atoms with Crippen LogP contribution in [0.25, 0.3) is 0 Å². The van der Waals surface area contributed by atoms with Crippen molar-refractivity contribution in [3.8, 4) is 11.5 Å². The molecular weight excluding hydrogens is 557 g/mol. The van der Waals surface area contributed by atoms with Crippen molar-refractivity contribution in [2.24, 2.45) is 5.10 Å². The highest BCUT2D eigenvalue weighted by Crippen LogP contribution is 2.28. The van der Waals surface area contributed by atoms with E-state index in [9.17, 15) is 14.7 Å². The van der Waals surface area contributed by atoms with Crippen LogP contribution in [0.2, 0.25) is 10.0 Å². The van der Waals surface area contributed by atoms with Gasteiger partial charge in [-0.3, -0.25) is 9.59 Å². The minimum atomic E-state index is -0.933. The van der Waals surface area contributed by atoms with E-state index in [2.05, 4.69) is 31.8 Å². The summed E-state index contributed by atoms with van der Waals surface area (Å²) in [6, 6.07) is 17.8. The van der Waals surface area contributed by atoms with Gasteiger partial charge in [0.2, 0.25) is 0 Å². The highest BCUT2D eigenvalue weighted by atomic mass is 79.9. The van der Waals surface area contributed by atoms with E-state index < -0.39 is 24.0 Å². The van der Waals surface area contributed by atoms with Crippen molar-refractivity contribution in [1.29, 1.82) is 0 Å². The fourth-order valence-corrected chi connectivity index (χ4v) is 3.86. The summed E-state index contributed by atoms with van der Waals surface area (Å²) >= 11 is 15.3. The lowest BCUT2D eigenvalue weighted by molar-refractivity contribution is -0.132. The van der Waals surface area contributed by atoms with Crippen molar-refractivity contribution >= 4 is 57.2 Å². The van der Waals surface area contributed by atoms with E-state index in [0.717, 1.165) is 5.56 Å². The molecule has 0 bridgehead atoms. The van der Waals surface area contributed by atoms with Crippen molar-refractivity contribution in [1.82, 2.24) is 10.7 Å². The number of halogens is 3. The second-order valence-corrected chi connectivity index (χ2v) is 9.23. The number of nitrogens with zero attached hydrogens (tertiary/aromatic N) is 1. The Labute approximate surface area is 221 Å². The van der Waals surface area contributed by atoms with Gasteiger partial charge in [-0.1, -0.05) is 53.5 Å². The zero-order valence-electron chi connectivity index (χ0n) is 18.5. The first-order valence-electron chi connectivity index (χ1n) is 10.5. The number of phenols is 1. The molecule has 0 saturated carbocycles. The molecule has 182 valence electrons. The molecule has 0 aromatic heterocycles. The molecule has 0 aliphatic heterocycles. The second kappa shape index (κ2) is 12.6. The molecule has 0 unspecified atom stereocenters. The molecule has 2 amide bonds. The van der Waals surface area contributed by atoms with Gasteiger partial charge in [-0.2, -0.15) is 5.10 Å². The largest absolute Gasteiger partial charge is 0.507 e. The molecule has 3 N–H and O–H groups in total. The smallest absolute Gasteiger partial charge is 0.262 e. The number of nitrogens with one attached hydrogen (secondary N) is 2. The Kier molecular flexibility index (Phi) is 9.54. The van der Waals surface area contributed by atoms with Gasteiger partial charge in [0.15, 0.2) is 6.10 Å². The molecule has 3 rings (SSSR count). The number of rotatable bonds is 9. The van der Waals surface area contributed by atoms with Crippen LogP contribution >= 0.6 is 39.1 Å². The predicted octanol–water partition coefficient (Wildman–Crippen LogP) is 5.11. The molecule has 0 radical (unpaired) electrons. The third kappa shape index (κ3) is 7.99. The lowest BCUT2D eigenvalue weighted by Gasteiger charge is -2.21. The maximum atomic E-state index is 12.9. The number of amides is 2. The second-order valence-electron chi connectivity index (χ2n) is 7.53. The number of hydrazone groups is 1. The van der Waals surface area contributed by atoms with Gasteiger partial charge in [-0.25, -0.2) is 5.43 Å². The zero-order valence-corrected chi connectivity index (χ0v) is 21.6. The standard InChI is InChI=1S/C25H22BrCl2N3O4/c1-15(35-23-10-8-18(27)13-20(23)28)24(33)30-21(12-16-5-3-2-4-6-16)25(34)31-29-14-17-7-9-22(32)19(26)11-17/h2-11,13-15,21,32H,12H2,1H3,(H,30,33)(H,31,34)/b29-14-/t15-,21+/m1/s1. The summed E-state index contributed by atoms with van der Waals surface area (Å²) in [5.74, 6) is -0.618. The molecule has 35 heavy (non-hydrogen) atoms. The summed E-state index contributed by atoms with van der Waals surface area (Å²) in [6.45, 7) is 1.55. The topological polar surface area (TPSA) is 100 Å². The first kappa shape index (κ1) is 26.5. The minimum absolute atomic E-state index is 0.0908. The van der Waals surface area contributed by atoms with Crippen LogP contribution in [-0.4, -0.2) is 35.3 Å². The molecule has 3 aromatic rings. The summed E-state index contributed by atoms with van der Waals surface area (Å²) in [5, 5.41) is 17.0. The number of carbonyl (C=O) groups excluding carboxylic acids is 2. The molecular formula is C25H22BrCl2N3O4. The monoisotopic (exact) mass is 577 g/mol. The zero-order chi connectivity index (χ0) is 25.4. The van der Waals surface area contributed by atoms with Crippen molar-refractivity contribution < 1.29 is 19.4 Å². The number of carbonyl (C=O) groups is 2. The Bertz CT molecular complexity index is 1220. The molecule has 2 atom stereocenters. The van der Waals surface area contributed by atoms with Crippen molar-refractivity contribution in [3.63, 3.8) is 0 Å². The average Bonchev–Trinajstić information content (AvgIpc) is 2.83. The molecule has 3 aromatic carbocycles. The van der Waals surface area contributed by atoms with Crippen LogP contribution in [0.5, 0.6) is 11.5 Å². The fourth-order valence-electron chi connectivity index (χ4n) is 3.01. The van der Waals surface area contributed by atoms with E-state index >= 15 is 0 Å². The summed E-state index contributed by atoms with van der Waals surface area (Å²) in [6.07, 6.45) is 0.739. The van der Waals surface area contributed by atoms with Crippen molar-refractivity contribution in [2.75, 3.05) is 0 Å². The van der Waals surface area contributed by atoms with Crippen LogP contribution in [0.1, 0.15) is 18.1 Å². The fraction of sp³-hybridized carbons (Fsp3) is 0.160.